The van der Waals surface area contributed by atoms with Gasteiger partial charge >= 0.3 is 6.09 Å². The molecule has 2 aromatic heterocycles. The third-order valence-corrected chi connectivity index (χ3v) is 6.09. The van der Waals surface area contributed by atoms with Gasteiger partial charge in [0.1, 0.15) is 17.1 Å². The van der Waals surface area contributed by atoms with Crippen LogP contribution in [0.1, 0.15) is 78.3 Å². The number of amides is 3. The van der Waals surface area contributed by atoms with E-state index in [1.165, 1.54) is 15.9 Å². The topological polar surface area (TPSA) is 131 Å². The molecule has 0 saturated heterocycles. The van der Waals surface area contributed by atoms with Gasteiger partial charge in [0, 0.05) is 29.3 Å². The molecule has 10 heteroatoms. The summed E-state index contributed by atoms with van der Waals surface area (Å²) in [6.07, 6.45) is 1.53. The summed E-state index contributed by atoms with van der Waals surface area (Å²) in [7, 11) is 1.65. The predicted octanol–water partition coefficient (Wildman–Crippen LogP) is 2.66. The minimum Gasteiger partial charge on any atom is -0.444 e. The van der Waals surface area contributed by atoms with Gasteiger partial charge in [0.2, 0.25) is 0 Å². The Morgan fingerprint density at radius 2 is 1.97 bits per heavy atom. The van der Waals surface area contributed by atoms with Crippen molar-refractivity contribution in [2.75, 3.05) is 11.9 Å². The molecule has 0 radical (unpaired) electrons. The Hall–Kier alpha value is -3.53. The Balaban J connectivity index is 1.69. The molecule has 34 heavy (non-hydrogen) atoms. The summed E-state index contributed by atoms with van der Waals surface area (Å²) >= 11 is 0. The van der Waals surface area contributed by atoms with Gasteiger partial charge in [-0.2, -0.15) is 0 Å². The summed E-state index contributed by atoms with van der Waals surface area (Å²) < 4.78 is 5.48. The molecule has 4 rings (SSSR count). The lowest BCUT2D eigenvalue weighted by Gasteiger charge is -2.25. The second-order valence-corrected chi connectivity index (χ2v) is 10.1. The highest BCUT2D eigenvalue weighted by Gasteiger charge is 2.43. The van der Waals surface area contributed by atoms with Crippen LogP contribution in [0.5, 0.6) is 0 Å². The zero-order valence-corrected chi connectivity index (χ0v) is 20.1. The number of hydrazine groups is 1. The smallest absolute Gasteiger partial charge is 0.410 e. The van der Waals surface area contributed by atoms with Crippen LogP contribution < -0.4 is 16.2 Å². The average molecular weight is 467 g/mol. The Kier molecular flexibility index (Phi) is 5.80. The first kappa shape index (κ1) is 23.6. The highest BCUT2D eigenvalue weighted by molar-refractivity contribution is 6.10. The number of rotatable bonds is 5. The van der Waals surface area contributed by atoms with E-state index in [-0.39, 0.29) is 30.1 Å². The Morgan fingerprint density at radius 1 is 1.26 bits per heavy atom. The summed E-state index contributed by atoms with van der Waals surface area (Å²) in [5, 5.41) is 0. The molecule has 1 aliphatic carbocycles. The molecule has 2 aromatic rings. The van der Waals surface area contributed by atoms with E-state index in [1.54, 1.807) is 19.2 Å². The van der Waals surface area contributed by atoms with E-state index in [0.717, 1.165) is 24.1 Å². The molecule has 10 nitrogen and oxygen atoms in total. The zero-order valence-electron chi connectivity index (χ0n) is 20.1. The number of fused-ring (bicyclic) bond motifs is 1. The second kappa shape index (κ2) is 8.35. The van der Waals surface area contributed by atoms with Crippen molar-refractivity contribution in [1.82, 2.24) is 20.3 Å². The third-order valence-electron chi connectivity index (χ3n) is 6.09. The van der Waals surface area contributed by atoms with Crippen LogP contribution in [-0.2, 0) is 23.2 Å². The summed E-state index contributed by atoms with van der Waals surface area (Å²) in [4.78, 5) is 50.1. The molecule has 0 bridgehead atoms. The van der Waals surface area contributed by atoms with Crippen molar-refractivity contribution in [2.45, 2.75) is 64.6 Å². The first-order valence-corrected chi connectivity index (χ1v) is 11.2. The Labute approximate surface area is 198 Å². The molecule has 3 amide bonds. The fourth-order valence-electron chi connectivity index (χ4n) is 3.84. The van der Waals surface area contributed by atoms with Gasteiger partial charge < -0.3 is 9.64 Å². The number of ether oxygens (including phenoxy) is 1. The lowest BCUT2D eigenvalue weighted by molar-refractivity contribution is 0.0282. The van der Waals surface area contributed by atoms with E-state index in [4.69, 9.17) is 15.6 Å². The Morgan fingerprint density at radius 3 is 2.59 bits per heavy atom. The van der Waals surface area contributed by atoms with E-state index in [0.29, 0.717) is 17.1 Å². The van der Waals surface area contributed by atoms with E-state index in [9.17, 15) is 14.4 Å². The van der Waals surface area contributed by atoms with Gasteiger partial charge in [0.15, 0.2) is 0 Å². The molecular weight excluding hydrogens is 436 g/mol. The van der Waals surface area contributed by atoms with E-state index < -0.39 is 17.6 Å². The largest absolute Gasteiger partial charge is 0.444 e. The zero-order chi connectivity index (χ0) is 24.8. The summed E-state index contributed by atoms with van der Waals surface area (Å²) in [5.74, 6) is 4.80. The maximum Gasteiger partial charge on any atom is 0.410 e. The van der Waals surface area contributed by atoms with Gasteiger partial charge in [-0.05, 0) is 51.8 Å². The van der Waals surface area contributed by atoms with Crippen LogP contribution in [0.3, 0.4) is 0 Å². The average Bonchev–Trinajstić information content (AvgIpc) is 3.45. The number of nitrogen functional groups attached to an aromatic ring is 1. The number of carbonyl (C=O) groups is 3. The summed E-state index contributed by atoms with van der Waals surface area (Å²) in [6, 6.07) is 6.70. The van der Waals surface area contributed by atoms with Gasteiger partial charge in [-0.25, -0.2) is 15.6 Å². The van der Waals surface area contributed by atoms with Crippen LogP contribution in [0.15, 0.2) is 24.3 Å². The second-order valence-electron chi connectivity index (χ2n) is 10.1. The molecule has 0 spiro atoms. The molecule has 1 fully saturated rings. The molecule has 0 atom stereocenters. The molecule has 2 aliphatic rings. The lowest BCUT2D eigenvalue weighted by atomic mass is 9.99. The Bertz CT molecular complexity index is 1170. The number of carbonyl (C=O) groups excluding carboxylic acids is 3. The molecule has 1 aliphatic heterocycles. The highest BCUT2D eigenvalue weighted by Crippen LogP contribution is 2.48. The number of nitrogens with two attached hydrogens (primary N) is 1. The van der Waals surface area contributed by atoms with Crippen LogP contribution in [0.4, 0.5) is 10.6 Å². The molecule has 0 unspecified atom stereocenters. The van der Waals surface area contributed by atoms with Gasteiger partial charge in [0.25, 0.3) is 11.8 Å². The van der Waals surface area contributed by atoms with Crippen LogP contribution in [0.2, 0.25) is 0 Å². The number of aromatic nitrogens is 2. The van der Waals surface area contributed by atoms with Crippen molar-refractivity contribution in [1.29, 1.82) is 0 Å². The predicted molar refractivity (Wildman–Crippen MR) is 125 cm³/mol. The van der Waals surface area contributed by atoms with Gasteiger partial charge in [-0.15, -0.1) is 0 Å². The molecule has 0 aromatic carbocycles. The number of anilines is 1. The fourth-order valence-corrected chi connectivity index (χ4v) is 3.84. The van der Waals surface area contributed by atoms with Gasteiger partial charge in [-0.3, -0.25) is 24.9 Å². The normalized spacial score (nSPS) is 16.2. The van der Waals surface area contributed by atoms with Crippen molar-refractivity contribution in [3.63, 3.8) is 0 Å². The third kappa shape index (κ3) is 4.58. The molecule has 180 valence electrons. The van der Waals surface area contributed by atoms with Crippen LogP contribution in [-0.4, -0.2) is 45.4 Å². The van der Waals surface area contributed by atoms with Crippen molar-refractivity contribution in [3.8, 4) is 0 Å². The SMILES string of the molecule is CN(Cc1nc(C2(C)CC2)cc2c1CN(c1cccc(C(=O)NN)n1)C2=O)C(=O)OC(C)(C)C. The van der Waals surface area contributed by atoms with Crippen molar-refractivity contribution in [3.05, 3.63) is 52.5 Å². The summed E-state index contributed by atoms with van der Waals surface area (Å²) in [5.41, 5.74) is 4.25. The quantitative estimate of drug-likeness (QED) is 0.393. The van der Waals surface area contributed by atoms with Crippen molar-refractivity contribution < 1.29 is 19.1 Å². The molecular formula is C24H30N6O4. The molecule has 3 N–H and O–H groups in total. The standard InChI is InChI=1S/C24H30N6O4/c1-23(2,3)34-22(33)29(5)13-17-15-12-30(19-8-6-7-16(27-19)20(31)28-25)21(32)14(15)11-18(26-17)24(4)9-10-24/h6-8,11H,9-10,12-13,25H2,1-5H3,(H,28,31). The maximum atomic E-state index is 13.4. The fraction of sp³-hybridized carbons (Fsp3) is 0.458. The van der Waals surface area contributed by atoms with Crippen molar-refractivity contribution in [2.24, 2.45) is 5.84 Å². The number of hydrogen-bond acceptors (Lipinski definition) is 7. The lowest BCUT2D eigenvalue weighted by Crippen LogP contribution is -2.34. The van der Waals surface area contributed by atoms with E-state index in [2.05, 4.69) is 17.3 Å². The maximum absolute atomic E-state index is 13.4. The summed E-state index contributed by atoms with van der Waals surface area (Å²) in [6.45, 7) is 7.99. The van der Waals surface area contributed by atoms with Gasteiger partial charge in [0.05, 0.1) is 18.8 Å². The van der Waals surface area contributed by atoms with Gasteiger partial charge in [-0.1, -0.05) is 13.0 Å². The minimum absolute atomic E-state index is 0.0701. The van der Waals surface area contributed by atoms with E-state index >= 15 is 0 Å². The first-order chi connectivity index (χ1) is 15.9. The number of nitrogens with one attached hydrogen (secondary N) is 1. The highest BCUT2D eigenvalue weighted by atomic mass is 16.6. The molecule has 1 saturated carbocycles. The van der Waals surface area contributed by atoms with Crippen molar-refractivity contribution >= 4 is 23.7 Å². The number of hydrogen-bond donors (Lipinski definition) is 2. The van der Waals surface area contributed by atoms with Crippen LogP contribution in [0, 0.1) is 0 Å². The molecule has 3 heterocycles. The monoisotopic (exact) mass is 466 g/mol. The van der Waals surface area contributed by atoms with Crippen LogP contribution in [0.25, 0.3) is 0 Å². The number of nitrogens with zero attached hydrogens (tertiary/aromatic N) is 4. The first-order valence-electron chi connectivity index (χ1n) is 11.2. The van der Waals surface area contributed by atoms with E-state index in [1.807, 2.05) is 26.8 Å². The number of pyridine rings is 2. The van der Waals surface area contributed by atoms with Crippen LogP contribution >= 0.6 is 0 Å². The minimum atomic E-state index is -0.622.